The number of hydrogen-bond donors (Lipinski definition) is 0. The van der Waals surface area contributed by atoms with Crippen molar-refractivity contribution in [2.24, 2.45) is 5.92 Å². The zero-order valence-electron chi connectivity index (χ0n) is 17.6. The van der Waals surface area contributed by atoms with E-state index in [2.05, 4.69) is 117 Å². The molecule has 0 aliphatic heterocycles. The summed E-state index contributed by atoms with van der Waals surface area (Å²) in [6.07, 6.45) is 13.4. The lowest BCUT2D eigenvalue weighted by Gasteiger charge is -2.44. The maximum Gasteiger partial charge on any atom is 0.0207 e. The molecule has 0 saturated carbocycles. The van der Waals surface area contributed by atoms with Crippen LogP contribution >= 0.6 is 0 Å². The van der Waals surface area contributed by atoms with E-state index in [0.29, 0.717) is 11.8 Å². The first-order valence-corrected chi connectivity index (χ1v) is 11.0. The number of aryl methyl sites for hydroxylation is 1. The Balaban J connectivity index is 1.85. The molecule has 0 spiro atoms. The van der Waals surface area contributed by atoms with E-state index in [9.17, 15) is 0 Å². The van der Waals surface area contributed by atoms with Gasteiger partial charge in [0.1, 0.15) is 0 Å². The third kappa shape index (κ3) is 2.75. The molecule has 5 rings (SSSR count). The van der Waals surface area contributed by atoms with E-state index < -0.39 is 0 Å². The quantitative estimate of drug-likeness (QED) is 0.379. The van der Waals surface area contributed by atoms with E-state index in [0.717, 1.165) is 12.8 Å². The number of allylic oxidation sites excluding steroid dienone is 5. The van der Waals surface area contributed by atoms with Crippen LogP contribution in [0.15, 0.2) is 110 Å². The van der Waals surface area contributed by atoms with Crippen LogP contribution in [-0.4, -0.2) is 0 Å². The molecular formula is C30H28. The second-order valence-electron chi connectivity index (χ2n) is 8.59. The molecular weight excluding hydrogens is 360 g/mol. The van der Waals surface area contributed by atoms with Gasteiger partial charge in [-0.2, -0.15) is 0 Å². The Labute approximate surface area is 180 Å². The molecule has 0 heterocycles. The van der Waals surface area contributed by atoms with Crippen LogP contribution < -0.4 is 0 Å². The Morgan fingerprint density at radius 2 is 1.53 bits per heavy atom. The largest absolute Gasteiger partial charge is 0.103 e. The Morgan fingerprint density at radius 3 is 2.30 bits per heavy atom. The summed E-state index contributed by atoms with van der Waals surface area (Å²) in [7, 11) is 0. The molecule has 3 aromatic rings. The van der Waals surface area contributed by atoms with Gasteiger partial charge in [-0.15, -0.1) is 6.58 Å². The summed E-state index contributed by atoms with van der Waals surface area (Å²) in [5, 5.41) is 0. The third-order valence-electron chi connectivity index (χ3n) is 7.09. The van der Waals surface area contributed by atoms with Gasteiger partial charge in [0.15, 0.2) is 0 Å². The van der Waals surface area contributed by atoms with Gasteiger partial charge in [-0.3, -0.25) is 0 Å². The fraction of sp³-hybridized carbons (Fsp3) is 0.200. The number of hydrogen-bond acceptors (Lipinski definition) is 0. The SMILES string of the molecule is C=CCCC(c1ccccc1)(C1C=CC=C1)C1c2ccccc2-c2c(C)cccc21. The summed E-state index contributed by atoms with van der Waals surface area (Å²) in [5.74, 6) is 0.660. The van der Waals surface area contributed by atoms with Crippen LogP contribution in [0.5, 0.6) is 0 Å². The van der Waals surface area contributed by atoms with Gasteiger partial charge in [0.05, 0.1) is 0 Å². The highest BCUT2D eigenvalue weighted by molar-refractivity contribution is 5.82. The van der Waals surface area contributed by atoms with E-state index in [-0.39, 0.29) is 5.41 Å². The maximum atomic E-state index is 4.08. The standard InChI is InChI=1S/C30H28/c1-3-4-21-30(24-16-8-9-17-24,23-14-6-5-7-15-23)29-26-19-11-10-18-25(26)28-22(2)13-12-20-27(28)29/h3,5-20,24,29H,1,4,21H2,2H3. The highest BCUT2D eigenvalue weighted by Crippen LogP contribution is 2.59. The fourth-order valence-electron chi connectivity index (χ4n) is 5.87. The highest BCUT2D eigenvalue weighted by Gasteiger charge is 2.49. The lowest BCUT2D eigenvalue weighted by Crippen LogP contribution is -2.39. The smallest absolute Gasteiger partial charge is 0.0207 e. The lowest BCUT2D eigenvalue weighted by atomic mass is 9.58. The van der Waals surface area contributed by atoms with E-state index in [1.807, 2.05) is 0 Å². The molecule has 0 N–H and O–H groups in total. The summed E-state index contributed by atoms with van der Waals surface area (Å²) in [4.78, 5) is 0. The van der Waals surface area contributed by atoms with E-state index in [1.165, 1.54) is 33.4 Å². The third-order valence-corrected chi connectivity index (χ3v) is 7.09. The van der Waals surface area contributed by atoms with Crippen LogP contribution in [0, 0.1) is 12.8 Å². The van der Waals surface area contributed by atoms with Gasteiger partial charge in [-0.25, -0.2) is 0 Å². The van der Waals surface area contributed by atoms with E-state index in [1.54, 1.807) is 0 Å². The second-order valence-corrected chi connectivity index (χ2v) is 8.59. The van der Waals surface area contributed by atoms with Gasteiger partial charge < -0.3 is 0 Å². The van der Waals surface area contributed by atoms with Gasteiger partial charge in [-0.1, -0.05) is 103 Å². The summed E-state index contributed by atoms with van der Waals surface area (Å²) < 4.78 is 0. The average molecular weight is 389 g/mol. The van der Waals surface area contributed by atoms with Crippen LogP contribution in [0.2, 0.25) is 0 Å². The molecule has 30 heavy (non-hydrogen) atoms. The van der Waals surface area contributed by atoms with E-state index in [4.69, 9.17) is 0 Å². The first-order chi connectivity index (χ1) is 14.8. The summed E-state index contributed by atoms with van der Waals surface area (Å²) in [5.41, 5.74) is 8.49. The Kier molecular flexibility index (Phi) is 4.79. The minimum absolute atomic E-state index is 0.0614. The molecule has 2 unspecified atom stereocenters. The summed E-state index contributed by atoms with van der Waals surface area (Å²) in [6, 6.07) is 27.1. The number of rotatable bonds is 6. The first kappa shape index (κ1) is 18.9. The lowest BCUT2D eigenvalue weighted by molar-refractivity contribution is 0.302. The van der Waals surface area contributed by atoms with Crippen LogP contribution in [0.25, 0.3) is 11.1 Å². The number of benzene rings is 3. The highest BCUT2D eigenvalue weighted by atomic mass is 14.5. The zero-order chi connectivity index (χ0) is 20.6. The summed E-state index contributed by atoms with van der Waals surface area (Å²) >= 11 is 0. The topological polar surface area (TPSA) is 0 Å². The van der Waals surface area contributed by atoms with Crippen molar-refractivity contribution in [1.29, 1.82) is 0 Å². The van der Waals surface area contributed by atoms with Crippen LogP contribution in [0.1, 0.15) is 41.0 Å². The predicted molar refractivity (Wildman–Crippen MR) is 128 cm³/mol. The normalized spacial score (nSPS) is 18.8. The molecule has 148 valence electrons. The van der Waals surface area contributed by atoms with Crippen molar-refractivity contribution in [3.05, 3.63) is 132 Å². The predicted octanol–water partition coefficient (Wildman–Crippen LogP) is 7.75. The first-order valence-electron chi connectivity index (χ1n) is 11.0. The average Bonchev–Trinajstić information content (AvgIpc) is 3.43. The zero-order valence-corrected chi connectivity index (χ0v) is 17.6. The summed E-state index contributed by atoms with van der Waals surface area (Å²) in [6.45, 7) is 6.33. The monoisotopic (exact) mass is 388 g/mol. The Morgan fingerprint density at radius 1 is 0.833 bits per heavy atom. The molecule has 0 heteroatoms. The van der Waals surface area contributed by atoms with E-state index >= 15 is 0 Å². The van der Waals surface area contributed by atoms with Gasteiger partial charge >= 0.3 is 0 Å². The van der Waals surface area contributed by atoms with Gasteiger partial charge in [0.25, 0.3) is 0 Å². The molecule has 0 saturated heterocycles. The van der Waals surface area contributed by atoms with Crippen LogP contribution in [0.3, 0.4) is 0 Å². The van der Waals surface area contributed by atoms with Crippen molar-refractivity contribution < 1.29 is 0 Å². The maximum absolute atomic E-state index is 4.08. The van der Waals surface area contributed by atoms with Gasteiger partial charge in [0.2, 0.25) is 0 Å². The molecule has 0 nitrogen and oxygen atoms in total. The molecule has 3 aromatic carbocycles. The minimum atomic E-state index is -0.0614. The van der Waals surface area contributed by atoms with Crippen molar-refractivity contribution >= 4 is 0 Å². The molecule has 2 aliphatic rings. The molecule has 0 radical (unpaired) electrons. The molecule has 0 aromatic heterocycles. The molecule has 2 atom stereocenters. The molecule has 0 fully saturated rings. The minimum Gasteiger partial charge on any atom is -0.103 e. The molecule has 2 aliphatic carbocycles. The Bertz CT molecular complexity index is 1120. The van der Waals surface area contributed by atoms with Gasteiger partial charge in [-0.05, 0) is 53.1 Å². The Hall–Kier alpha value is -3.12. The number of fused-ring (bicyclic) bond motifs is 3. The van der Waals surface area contributed by atoms with Crippen LogP contribution in [0.4, 0.5) is 0 Å². The second kappa shape index (κ2) is 7.61. The van der Waals surface area contributed by atoms with Crippen LogP contribution in [-0.2, 0) is 5.41 Å². The molecule has 0 bridgehead atoms. The molecule has 0 amide bonds. The van der Waals surface area contributed by atoms with Gasteiger partial charge in [0, 0.05) is 17.3 Å². The van der Waals surface area contributed by atoms with Crippen molar-refractivity contribution in [3.63, 3.8) is 0 Å². The fourth-order valence-corrected chi connectivity index (χ4v) is 5.87. The van der Waals surface area contributed by atoms with Crippen molar-refractivity contribution in [3.8, 4) is 11.1 Å². The van der Waals surface area contributed by atoms with Crippen molar-refractivity contribution in [1.82, 2.24) is 0 Å². The van der Waals surface area contributed by atoms with Crippen molar-refractivity contribution in [2.75, 3.05) is 0 Å². The van der Waals surface area contributed by atoms with Crippen molar-refractivity contribution in [2.45, 2.75) is 31.1 Å².